The monoisotopic (exact) mass is 255 g/mol. The van der Waals surface area contributed by atoms with Crippen molar-refractivity contribution in [3.05, 3.63) is 65.2 Å². The molecule has 3 nitrogen and oxygen atoms in total. The SMILES string of the molecule is Cc1ccc(C(=O)NCCc2ccc(O)cc2)cc1. The summed E-state index contributed by atoms with van der Waals surface area (Å²) in [5, 5.41) is 12.1. The number of hydrogen-bond donors (Lipinski definition) is 2. The molecule has 0 saturated heterocycles. The first-order chi connectivity index (χ1) is 9.15. The first-order valence-corrected chi connectivity index (χ1v) is 6.28. The van der Waals surface area contributed by atoms with Gasteiger partial charge in [-0.3, -0.25) is 4.79 Å². The Morgan fingerprint density at radius 3 is 2.32 bits per heavy atom. The molecule has 0 aliphatic heterocycles. The van der Waals surface area contributed by atoms with E-state index in [9.17, 15) is 9.90 Å². The molecule has 2 aromatic rings. The van der Waals surface area contributed by atoms with Crippen LogP contribution in [0.5, 0.6) is 5.75 Å². The molecule has 2 N–H and O–H groups in total. The Balaban J connectivity index is 1.84. The van der Waals surface area contributed by atoms with Gasteiger partial charge < -0.3 is 10.4 Å². The first-order valence-electron chi connectivity index (χ1n) is 6.28. The summed E-state index contributed by atoms with van der Waals surface area (Å²) in [5.41, 5.74) is 2.90. The zero-order valence-corrected chi connectivity index (χ0v) is 10.9. The van der Waals surface area contributed by atoms with E-state index >= 15 is 0 Å². The van der Waals surface area contributed by atoms with Gasteiger partial charge in [0.2, 0.25) is 0 Å². The molecule has 0 aromatic heterocycles. The van der Waals surface area contributed by atoms with Gasteiger partial charge in [-0.05, 0) is 43.2 Å². The van der Waals surface area contributed by atoms with Crippen molar-refractivity contribution in [1.29, 1.82) is 0 Å². The van der Waals surface area contributed by atoms with Gasteiger partial charge in [0.25, 0.3) is 5.91 Å². The van der Waals surface area contributed by atoms with Crippen LogP contribution < -0.4 is 5.32 Å². The van der Waals surface area contributed by atoms with E-state index in [1.165, 1.54) is 0 Å². The number of amides is 1. The normalized spacial score (nSPS) is 10.2. The second-order valence-electron chi connectivity index (χ2n) is 4.54. The average Bonchev–Trinajstić information content (AvgIpc) is 2.41. The number of rotatable bonds is 4. The zero-order chi connectivity index (χ0) is 13.7. The highest BCUT2D eigenvalue weighted by Crippen LogP contribution is 2.09. The molecule has 0 aliphatic rings. The number of phenolic OH excluding ortho intramolecular Hbond substituents is 1. The molecule has 0 aliphatic carbocycles. The molecule has 0 radical (unpaired) electrons. The van der Waals surface area contributed by atoms with Crippen LogP contribution in [0.15, 0.2) is 48.5 Å². The van der Waals surface area contributed by atoms with Gasteiger partial charge in [0.05, 0.1) is 0 Å². The molecule has 0 fully saturated rings. The van der Waals surface area contributed by atoms with Gasteiger partial charge in [0.1, 0.15) is 5.75 Å². The number of benzene rings is 2. The molecule has 0 atom stereocenters. The maximum absolute atomic E-state index is 11.8. The second kappa shape index (κ2) is 6.05. The van der Waals surface area contributed by atoms with Crippen molar-refractivity contribution < 1.29 is 9.90 Å². The minimum absolute atomic E-state index is 0.0567. The summed E-state index contributed by atoms with van der Waals surface area (Å²) < 4.78 is 0. The molecule has 3 heteroatoms. The van der Waals surface area contributed by atoms with Gasteiger partial charge in [-0.15, -0.1) is 0 Å². The Morgan fingerprint density at radius 2 is 1.68 bits per heavy atom. The van der Waals surface area contributed by atoms with E-state index in [1.54, 1.807) is 12.1 Å². The Labute approximate surface area is 112 Å². The topological polar surface area (TPSA) is 49.3 Å². The maximum Gasteiger partial charge on any atom is 0.251 e. The van der Waals surface area contributed by atoms with Crippen molar-refractivity contribution in [3.63, 3.8) is 0 Å². The summed E-state index contributed by atoms with van der Waals surface area (Å²) in [6.07, 6.45) is 0.748. The lowest BCUT2D eigenvalue weighted by atomic mass is 10.1. The van der Waals surface area contributed by atoms with Crippen LogP contribution in [0.3, 0.4) is 0 Å². The van der Waals surface area contributed by atoms with Crippen molar-refractivity contribution in [2.45, 2.75) is 13.3 Å². The standard InChI is InChI=1S/C16H17NO2/c1-12-2-6-14(7-3-12)16(19)17-11-10-13-4-8-15(18)9-5-13/h2-9,18H,10-11H2,1H3,(H,17,19). The zero-order valence-electron chi connectivity index (χ0n) is 10.9. The van der Waals surface area contributed by atoms with Gasteiger partial charge in [0.15, 0.2) is 0 Å². The van der Waals surface area contributed by atoms with Crippen molar-refractivity contribution in [3.8, 4) is 5.75 Å². The molecular weight excluding hydrogens is 238 g/mol. The van der Waals surface area contributed by atoms with E-state index in [0.29, 0.717) is 12.1 Å². The molecule has 0 saturated carbocycles. The summed E-state index contributed by atoms with van der Waals surface area (Å²) in [5.74, 6) is 0.200. The van der Waals surface area contributed by atoms with Crippen molar-refractivity contribution in [1.82, 2.24) is 5.32 Å². The molecule has 98 valence electrons. The lowest BCUT2D eigenvalue weighted by Gasteiger charge is -2.06. The van der Waals surface area contributed by atoms with Gasteiger partial charge in [-0.2, -0.15) is 0 Å². The molecule has 2 aromatic carbocycles. The number of carbonyl (C=O) groups is 1. The maximum atomic E-state index is 11.8. The van der Waals surface area contributed by atoms with E-state index in [4.69, 9.17) is 0 Å². The molecule has 0 heterocycles. The lowest BCUT2D eigenvalue weighted by Crippen LogP contribution is -2.25. The van der Waals surface area contributed by atoms with Crippen LogP contribution in [0.1, 0.15) is 21.5 Å². The van der Waals surface area contributed by atoms with E-state index < -0.39 is 0 Å². The molecule has 0 spiro atoms. The molecule has 0 bridgehead atoms. The van der Waals surface area contributed by atoms with Gasteiger partial charge >= 0.3 is 0 Å². The van der Waals surface area contributed by atoms with Gasteiger partial charge in [0, 0.05) is 12.1 Å². The fourth-order valence-corrected chi connectivity index (χ4v) is 1.79. The third-order valence-electron chi connectivity index (χ3n) is 2.95. The highest BCUT2D eigenvalue weighted by atomic mass is 16.3. The van der Waals surface area contributed by atoms with Crippen LogP contribution in [0.2, 0.25) is 0 Å². The van der Waals surface area contributed by atoms with Crippen molar-refractivity contribution in [2.24, 2.45) is 0 Å². The highest BCUT2D eigenvalue weighted by molar-refractivity contribution is 5.94. The third-order valence-corrected chi connectivity index (χ3v) is 2.95. The van der Waals surface area contributed by atoms with E-state index in [1.807, 2.05) is 43.3 Å². The average molecular weight is 255 g/mol. The highest BCUT2D eigenvalue weighted by Gasteiger charge is 2.03. The lowest BCUT2D eigenvalue weighted by molar-refractivity contribution is 0.0954. The van der Waals surface area contributed by atoms with Crippen LogP contribution in [-0.2, 0) is 6.42 Å². The fourth-order valence-electron chi connectivity index (χ4n) is 1.79. The molecule has 0 unspecified atom stereocenters. The van der Waals surface area contributed by atoms with Crippen LogP contribution in [0.25, 0.3) is 0 Å². The fraction of sp³-hybridized carbons (Fsp3) is 0.188. The quantitative estimate of drug-likeness (QED) is 0.882. The van der Waals surface area contributed by atoms with Gasteiger partial charge in [-0.25, -0.2) is 0 Å². The Kier molecular flexibility index (Phi) is 4.18. The van der Waals surface area contributed by atoms with E-state index in [2.05, 4.69) is 5.32 Å². The summed E-state index contributed by atoms with van der Waals surface area (Å²) in [6, 6.07) is 14.5. The molecular formula is C16H17NO2. The van der Waals surface area contributed by atoms with Gasteiger partial charge in [-0.1, -0.05) is 29.8 Å². The predicted molar refractivity (Wildman–Crippen MR) is 75.3 cm³/mol. The predicted octanol–water partition coefficient (Wildman–Crippen LogP) is 2.67. The third kappa shape index (κ3) is 3.85. The number of nitrogens with one attached hydrogen (secondary N) is 1. The number of hydrogen-bond acceptors (Lipinski definition) is 2. The number of phenols is 1. The van der Waals surface area contributed by atoms with Crippen molar-refractivity contribution in [2.75, 3.05) is 6.54 Å². The van der Waals surface area contributed by atoms with E-state index in [-0.39, 0.29) is 11.7 Å². The molecule has 1 amide bonds. The second-order valence-corrected chi connectivity index (χ2v) is 4.54. The smallest absolute Gasteiger partial charge is 0.251 e. The first kappa shape index (κ1) is 13.1. The van der Waals surface area contributed by atoms with Crippen LogP contribution in [0.4, 0.5) is 0 Å². The minimum Gasteiger partial charge on any atom is -0.508 e. The van der Waals surface area contributed by atoms with Crippen LogP contribution in [0, 0.1) is 6.92 Å². The summed E-state index contributed by atoms with van der Waals surface area (Å²) in [7, 11) is 0. The number of aromatic hydroxyl groups is 1. The summed E-state index contributed by atoms with van der Waals surface area (Å²) in [4.78, 5) is 11.8. The van der Waals surface area contributed by atoms with Crippen molar-refractivity contribution >= 4 is 5.91 Å². The number of aryl methyl sites for hydroxylation is 1. The number of carbonyl (C=O) groups excluding carboxylic acids is 1. The minimum atomic E-state index is -0.0567. The largest absolute Gasteiger partial charge is 0.508 e. The molecule has 19 heavy (non-hydrogen) atoms. The molecule has 2 rings (SSSR count). The van der Waals surface area contributed by atoms with Crippen LogP contribution in [-0.4, -0.2) is 17.6 Å². The van der Waals surface area contributed by atoms with Crippen LogP contribution >= 0.6 is 0 Å². The Morgan fingerprint density at radius 1 is 1.05 bits per heavy atom. The Bertz CT molecular complexity index is 544. The Hall–Kier alpha value is -2.29. The summed E-state index contributed by atoms with van der Waals surface area (Å²) in [6.45, 7) is 2.57. The van der Waals surface area contributed by atoms with E-state index in [0.717, 1.165) is 17.5 Å². The summed E-state index contributed by atoms with van der Waals surface area (Å²) >= 11 is 0.